The van der Waals surface area contributed by atoms with Crippen LogP contribution in [-0.4, -0.2) is 22.6 Å². The van der Waals surface area contributed by atoms with E-state index in [0.29, 0.717) is 15.9 Å². The third kappa shape index (κ3) is 4.69. The largest absolute Gasteiger partial charge is 0.484 e. The van der Waals surface area contributed by atoms with Gasteiger partial charge in [0.05, 0.1) is 10.2 Å². The summed E-state index contributed by atoms with van der Waals surface area (Å²) in [5.41, 5.74) is 3.09. The third-order valence-corrected chi connectivity index (χ3v) is 5.05. The zero-order chi connectivity index (χ0) is 18.7. The van der Waals surface area contributed by atoms with Crippen LogP contribution in [0.15, 0.2) is 36.4 Å². The molecule has 1 heterocycles. The summed E-state index contributed by atoms with van der Waals surface area (Å²) in [6.45, 7) is 3.89. The molecule has 3 rings (SSSR count). The Labute approximate surface area is 165 Å². The Morgan fingerprint density at radius 2 is 2.04 bits per heavy atom. The molecule has 134 valence electrons. The highest BCUT2D eigenvalue weighted by Crippen LogP contribution is 2.28. The highest BCUT2D eigenvalue weighted by atomic mass is 35.5. The minimum atomic E-state index is -0.343. The summed E-state index contributed by atoms with van der Waals surface area (Å²) in [4.78, 5) is 16.4. The molecule has 8 heteroatoms. The molecule has 0 saturated carbocycles. The summed E-state index contributed by atoms with van der Waals surface area (Å²) in [5.74, 6) is 0.301. The standard InChI is InChI=1S/C18H16ClN3O2S2/c1-10-3-5-13(7-11(10)2)24-9-16(23)21-17(25)22-18-20-14-6-4-12(19)8-15(14)26-18/h3-8H,9H2,1-2H3,(H2,20,21,22,23,25). The summed E-state index contributed by atoms with van der Waals surface area (Å²) >= 11 is 12.5. The van der Waals surface area contributed by atoms with Crippen molar-refractivity contribution < 1.29 is 9.53 Å². The number of anilines is 1. The fraction of sp³-hybridized carbons (Fsp3) is 0.167. The normalized spacial score (nSPS) is 10.6. The number of amides is 1. The van der Waals surface area contributed by atoms with Crippen molar-refractivity contribution >= 4 is 61.5 Å². The van der Waals surface area contributed by atoms with Gasteiger partial charge in [0.1, 0.15) is 5.75 Å². The fourth-order valence-corrected chi connectivity index (χ4v) is 3.62. The molecule has 0 unspecified atom stereocenters. The number of carbonyl (C=O) groups is 1. The topological polar surface area (TPSA) is 63.2 Å². The van der Waals surface area contributed by atoms with Crippen LogP contribution in [0.25, 0.3) is 10.2 Å². The zero-order valence-corrected chi connectivity index (χ0v) is 16.5. The van der Waals surface area contributed by atoms with E-state index in [1.807, 2.05) is 44.2 Å². The SMILES string of the molecule is Cc1ccc(OCC(=O)NC(=S)Nc2nc3ccc(Cl)cc3s2)cc1C. The third-order valence-electron chi connectivity index (χ3n) is 3.67. The fourth-order valence-electron chi connectivity index (χ4n) is 2.20. The summed E-state index contributed by atoms with van der Waals surface area (Å²) in [5, 5.41) is 6.88. The molecule has 2 aromatic carbocycles. The van der Waals surface area contributed by atoms with Crippen molar-refractivity contribution in [1.82, 2.24) is 10.3 Å². The maximum atomic E-state index is 12.0. The van der Waals surface area contributed by atoms with Gasteiger partial charge in [0, 0.05) is 5.02 Å². The minimum Gasteiger partial charge on any atom is -0.484 e. The van der Waals surface area contributed by atoms with Gasteiger partial charge in [-0.25, -0.2) is 4.98 Å². The van der Waals surface area contributed by atoms with Gasteiger partial charge in [0.2, 0.25) is 0 Å². The summed E-state index contributed by atoms with van der Waals surface area (Å²) in [6.07, 6.45) is 0. The van der Waals surface area contributed by atoms with Crippen molar-refractivity contribution in [3.05, 3.63) is 52.5 Å². The number of benzene rings is 2. The van der Waals surface area contributed by atoms with Gasteiger partial charge in [-0.3, -0.25) is 10.1 Å². The Balaban J connectivity index is 1.53. The minimum absolute atomic E-state index is 0.125. The molecular weight excluding hydrogens is 390 g/mol. The molecule has 2 N–H and O–H groups in total. The first-order valence-electron chi connectivity index (χ1n) is 7.78. The van der Waals surface area contributed by atoms with E-state index in [1.54, 1.807) is 6.07 Å². The van der Waals surface area contributed by atoms with E-state index in [-0.39, 0.29) is 17.6 Å². The smallest absolute Gasteiger partial charge is 0.264 e. The predicted molar refractivity (Wildman–Crippen MR) is 110 cm³/mol. The van der Waals surface area contributed by atoms with Gasteiger partial charge in [-0.05, 0) is 67.5 Å². The van der Waals surface area contributed by atoms with Crippen LogP contribution in [0.5, 0.6) is 5.75 Å². The van der Waals surface area contributed by atoms with Crippen LogP contribution in [0.3, 0.4) is 0 Å². The second kappa shape index (κ2) is 7.99. The number of halogens is 1. The Kier molecular flexibility index (Phi) is 5.70. The van der Waals surface area contributed by atoms with Crippen molar-refractivity contribution in [2.24, 2.45) is 0 Å². The van der Waals surface area contributed by atoms with Crippen molar-refractivity contribution in [3.63, 3.8) is 0 Å². The molecule has 5 nitrogen and oxygen atoms in total. The van der Waals surface area contributed by atoms with Gasteiger partial charge >= 0.3 is 0 Å². The van der Waals surface area contributed by atoms with Crippen LogP contribution in [0.1, 0.15) is 11.1 Å². The second-order valence-electron chi connectivity index (χ2n) is 5.67. The van der Waals surface area contributed by atoms with Crippen molar-refractivity contribution in [2.75, 3.05) is 11.9 Å². The maximum Gasteiger partial charge on any atom is 0.264 e. The molecule has 0 aliphatic heterocycles. The molecule has 1 aromatic heterocycles. The molecule has 0 bridgehead atoms. The van der Waals surface area contributed by atoms with Gasteiger partial charge in [-0.2, -0.15) is 0 Å². The quantitative estimate of drug-likeness (QED) is 0.627. The van der Waals surface area contributed by atoms with Gasteiger partial charge in [-0.15, -0.1) is 0 Å². The molecule has 1 amide bonds. The zero-order valence-electron chi connectivity index (χ0n) is 14.1. The number of rotatable bonds is 4. The molecule has 0 aliphatic carbocycles. The number of carbonyl (C=O) groups excluding carboxylic acids is 1. The van der Waals surface area contributed by atoms with Crippen LogP contribution in [0, 0.1) is 13.8 Å². The van der Waals surface area contributed by atoms with Gasteiger partial charge in [0.25, 0.3) is 5.91 Å². The monoisotopic (exact) mass is 405 g/mol. The average molecular weight is 406 g/mol. The van der Waals surface area contributed by atoms with Crippen LogP contribution in [0.2, 0.25) is 5.02 Å². The van der Waals surface area contributed by atoms with E-state index in [0.717, 1.165) is 15.8 Å². The second-order valence-corrected chi connectivity index (χ2v) is 7.54. The van der Waals surface area contributed by atoms with Gasteiger partial charge in [0.15, 0.2) is 16.9 Å². The van der Waals surface area contributed by atoms with Crippen molar-refractivity contribution in [3.8, 4) is 5.75 Å². The molecule has 26 heavy (non-hydrogen) atoms. The molecule has 0 radical (unpaired) electrons. The van der Waals surface area contributed by atoms with E-state index in [1.165, 1.54) is 16.9 Å². The van der Waals surface area contributed by atoms with E-state index in [2.05, 4.69) is 15.6 Å². The van der Waals surface area contributed by atoms with Crippen molar-refractivity contribution in [2.45, 2.75) is 13.8 Å². The first kappa shape index (κ1) is 18.6. The first-order valence-corrected chi connectivity index (χ1v) is 9.38. The number of nitrogens with one attached hydrogen (secondary N) is 2. The lowest BCUT2D eigenvalue weighted by atomic mass is 10.1. The number of thiazole rings is 1. The number of hydrogen-bond acceptors (Lipinski definition) is 5. The Morgan fingerprint density at radius 3 is 2.81 bits per heavy atom. The molecule has 0 fully saturated rings. The van der Waals surface area contributed by atoms with E-state index in [4.69, 9.17) is 28.6 Å². The van der Waals surface area contributed by atoms with Crippen molar-refractivity contribution in [1.29, 1.82) is 0 Å². The van der Waals surface area contributed by atoms with Crippen LogP contribution in [0.4, 0.5) is 5.13 Å². The number of fused-ring (bicyclic) bond motifs is 1. The summed E-state index contributed by atoms with van der Waals surface area (Å²) in [7, 11) is 0. The number of ether oxygens (including phenoxy) is 1. The average Bonchev–Trinajstić information content (AvgIpc) is 2.97. The number of aryl methyl sites for hydroxylation is 2. The highest BCUT2D eigenvalue weighted by Gasteiger charge is 2.09. The lowest BCUT2D eigenvalue weighted by Gasteiger charge is -2.09. The van der Waals surface area contributed by atoms with E-state index in [9.17, 15) is 4.79 Å². The Hall–Kier alpha value is -2.22. The number of aromatic nitrogens is 1. The van der Waals surface area contributed by atoms with Crippen LogP contribution >= 0.6 is 35.2 Å². The molecule has 0 aliphatic rings. The number of nitrogens with zero attached hydrogens (tertiary/aromatic N) is 1. The Morgan fingerprint density at radius 1 is 1.23 bits per heavy atom. The summed E-state index contributed by atoms with van der Waals surface area (Å²) < 4.78 is 6.43. The molecular formula is C18H16ClN3O2S2. The van der Waals surface area contributed by atoms with E-state index >= 15 is 0 Å². The van der Waals surface area contributed by atoms with E-state index < -0.39 is 0 Å². The molecule has 0 saturated heterocycles. The maximum absolute atomic E-state index is 12.0. The predicted octanol–water partition coefficient (Wildman–Crippen LogP) is 4.46. The lowest BCUT2D eigenvalue weighted by Crippen LogP contribution is -2.37. The Bertz CT molecular complexity index is 988. The number of hydrogen-bond donors (Lipinski definition) is 2. The molecule has 0 atom stereocenters. The number of thiocarbonyl (C=S) groups is 1. The lowest BCUT2D eigenvalue weighted by molar-refractivity contribution is -0.121. The molecule has 3 aromatic rings. The van der Waals surface area contributed by atoms with Crippen LogP contribution < -0.4 is 15.4 Å². The summed E-state index contributed by atoms with van der Waals surface area (Å²) in [6, 6.07) is 11.1. The van der Waals surface area contributed by atoms with Gasteiger partial charge < -0.3 is 10.1 Å². The van der Waals surface area contributed by atoms with Crippen LogP contribution in [-0.2, 0) is 4.79 Å². The highest BCUT2D eigenvalue weighted by molar-refractivity contribution is 7.80. The molecule has 0 spiro atoms. The first-order chi connectivity index (χ1) is 12.4. The van der Waals surface area contributed by atoms with Gasteiger partial charge in [-0.1, -0.05) is 29.0 Å².